The van der Waals surface area contributed by atoms with Crippen molar-refractivity contribution in [2.24, 2.45) is 0 Å². The minimum atomic E-state index is -0.719. The zero-order valence-electron chi connectivity index (χ0n) is 17.5. The normalized spacial score (nSPS) is 11.4. The minimum absolute atomic E-state index is 0.0136. The Kier molecular flexibility index (Phi) is 8.63. The molecule has 9 nitrogen and oxygen atoms in total. The molecule has 2 amide bonds. The zero-order valence-corrected chi connectivity index (χ0v) is 18.2. The van der Waals surface area contributed by atoms with Crippen LogP contribution in [0.2, 0.25) is 5.02 Å². The van der Waals surface area contributed by atoms with E-state index < -0.39 is 16.9 Å². The van der Waals surface area contributed by atoms with Crippen molar-refractivity contribution in [1.82, 2.24) is 10.2 Å². The summed E-state index contributed by atoms with van der Waals surface area (Å²) in [6, 6.07) is 10.3. The molecule has 2 aromatic carbocycles. The summed E-state index contributed by atoms with van der Waals surface area (Å²) in [7, 11) is 2.81. The molecule has 0 unspecified atom stereocenters. The maximum Gasteiger partial charge on any atom is 0.311 e. The first-order valence-electron chi connectivity index (χ1n) is 9.52. The number of nitrogens with zero attached hydrogens (tertiary/aromatic N) is 2. The lowest BCUT2D eigenvalue weighted by molar-refractivity contribution is -0.385. The molecule has 2 rings (SSSR count). The number of halogens is 1. The lowest BCUT2D eigenvalue weighted by atomic mass is 10.1. The van der Waals surface area contributed by atoms with Gasteiger partial charge in [-0.05, 0) is 24.1 Å². The first kappa shape index (κ1) is 23.9. The molecule has 31 heavy (non-hydrogen) atoms. The zero-order chi connectivity index (χ0) is 23.0. The average molecular weight is 450 g/mol. The molecule has 0 fully saturated rings. The van der Waals surface area contributed by atoms with E-state index >= 15 is 0 Å². The van der Waals surface area contributed by atoms with Crippen LogP contribution in [-0.4, -0.2) is 48.4 Å². The van der Waals surface area contributed by atoms with Crippen molar-refractivity contribution in [3.63, 3.8) is 0 Å². The molecular weight excluding hydrogens is 426 g/mol. The molecule has 0 aliphatic heterocycles. The summed E-state index contributed by atoms with van der Waals surface area (Å²) in [6.07, 6.45) is 0.390. The maximum atomic E-state index is 13.0. The van der Waals surface area contributed by atoms with Gasteiger partial charge in [-0.1, -0.05) is 36.7 Å². The summed E-state index contributed by atoms with van der Waals surface area (Å²) < 4.78 is 10.6. The number of ether oxygens (including phenoxy) is 2. The highest BCUT2D eigenvalue weighted by molar-refractivity contribution is 6.31. The Balaban J connectivity index is 2.23. The number of hydrogen-bond donors (Lipinski definition) is 1. The van der Waals surface area contributed by atoms with E-state index in [1.54, 1.807) is 31.2 Å². The van der Waals surface area contributed by atoms with E-state index in [0.29, 0.717) is 17.0 Å². The number of likely N-dealkylation sites (N-methyl/N-ethyl adjacent to an activating group) is 1. The monoisotopic (exact) mass is 449 g/mol. The van der Waals surface area contributed by atoms with Gasteiger partial charge in [-0.2, -0.15) is 0 Å². The minimum Gasteiger partial charge on any atom is -0.490 e. The number of rotatable bonds is 10. The molecule has 0 saturated heterocycles. The van der Waals surface area contributed by atoms with Crippen LogP contribution in [0.3, 0.4) is 0 Å². The van der Waals surface area contributed by atoms with E-state index in [1.165, 1.54) is 37.3 Å². The molecular formula is C21H24ClN3O6. The van der Waals surface area contributed by atoms with Crippen molar-refractivity contribution in [3.8, 4) is 11.5 Å². The SMILES string of the molecule is CC[C@@H](C(=O)NC)N(Cc1ccccc1Cl)C(=O)COc1ccc([N+](=O)[O-])c(OC)c1. The van der Waals surface area contributed by atoms with Gasteiger partial charge < -0.3 is 19.7 Å². The van der Waals surface area contributed by atoms with Gasteiger partial charge in [0.1, 0.15) is 11.8 Å². The predicted octanol–water partition coefficient (Wildman–Crippen LogP) is 3.19. The van der Waals surface area contributed by atoms with E-state index in [4.69, 9.17) is 21.1 Å². The van der Waals surface area contributed by atoms with Gasteiger partial charge >= 0.3 is 5.69 Å². The smallest absolute Gasteiger partial charge is 0.311 e. The van der Waals surface area contributed by atoms with Gasteiger partial charge in [0.25, 0.3) is 5.91 Å². The highest BCUT2D eigenvalue weighted by Gasteiger charge is 2.29. The molecule has 0 aliphatic rings. The fourth-order valence-corrected chi connectivity index (χ4v) is 3.22. The Morgan fingerprint density at radius 1 is 1.26 bits per heavy atom. The summed E-state index contributed by atoms with van der Waals surface area (Å²) in [6.45, 7) is 1.55. The number of nitro groups is 1. The molecule has 2 aromatic rings. The van der Waals surface area contributed by atoms with E-state index in [1.807, 2.05) is 0 Å². The van der Waals surface area contributed by atoms with Gasteiger partial charge in [-0.25, -0.2) is 0 Å². The average Bonchev–Trinajstić information content (AvgIpc) is 2.77. The predicted molar refractivity (Wildman–Crippen MR) is 115 cm³/mol. The molecule has 10 heteroatoms. The number of hydrogen-bond acceptors (Lipinski definition) is 6. The van der Waals surface area contributed by atoms with Gasteiger partial charge in [0.15, 0.2) is 6.61 Å². The molecule has 1 N–H and O–H groups in total. The van der Waals surface area contributed by atoms with Gasteiger partial charge in [-0.15, -0.1) is 0 Å². The number of methoxy groups -OCH3 is 1. The van der Waals surface area contributed by atoms with E-state index in [0.717, 1.165) is 0 Å². The second kappa shape index (κ2) is 11.2. The summed E-state index contributed by atoms with van der Waals surface area (Å²) in [5, 5.41) is 14.1. The van der Waals surface area contributed by atoms with E-state index in [-0.39, 0.29) is 36.2 Å². The number of amides is 2. The lowest BCUT2D eigenvalue weighted by Gasteiger charge is -2.30. The Hall–Kier alpha value is -3.33. The maximum absolute atomic E-state index is 13.0. The number of carbonyl (C=O) groups excluding carboxylic acids is 2. The molecule has 0 aliphatic carbocycles. The summed E-state index contributed by atoms with van der Waals surface area (Å²) in [4.78, 5) is 37.2. The van der Waals surface area contributed by atoms with Crippen molar-refractivity contribution < 1.29 is 24.0 Å². The number of benzene rings is 2. The topological polar surface area (TPSA) is 111 Å². The van der Waals surface area contributed by atoms with Crippen LogP contribution in [0.5, 0.6) is 11.5 Å². The second-order valence-corrected chi connectivity index (χ2v) is 6.94. The van der Waals surface area contributed by atoms with E-state index in [9.17, 15) is 19.7 Å². The first-order chi connectivity index (χ1) is 14.8. The van der Waals surface area contributed by atoms with Crippen molar-refractivity contribution in [2.45, 2.75) is 25.9 Å². The standard InChI is InChI=1S/C21H24ClN3O6/c1-4-17(21(27)23-2)24(12-14-7-5-6-8-16(14)22)20(26)13-31-15-9-10-18(25(28)29)19(11-15)30-3/h5-11,17H,4,12-13H2,1-3H3,(H,23,27)/t17-/m0/s1. The number of nitro benzene ring substituents is 1. The van der Waals surface area contributed by atoms with Crippen molar-refractivity contribution in [2.75, 3.05) is 20.8 Å². The second-order valence-electron chi connectivity index (χ2n) is 6.53. The van der Waals surface area contributed by atoms with Gasteiger partial charge in [0, 0.05) is 30.7 Å². The molecule has 0 radical (unpaired) electrons. The quantitative estimate of drug-likeness (QED) is 0.440. The molecule has 0 bridgehead atoms. The van der Waals surface area contributed by atoms with Gasteiger partial charge in [0.2, 0.25) is 11.7 Å². The van der Waals surface area contributed by atoms with Crippen LogP contribution in [0.15, 0.2) is 42.5 Å². The number of carbonyl (C=O) groups is 2. The molecule has 0 aromatic heterocycles. The first-order valence-corrected chi connectivity index (χ1v) is 9.89. The number of nitrogens with one attached hydrogen (secondary N) is 1. The fraction of sp³-hybridized carbons (Fsp3) is 0.333. The van der Waals surface area contributed by atoms with Crippen molar-refractivity contribution in [1.29, 1.82) is 0 Å². The highest BCUT2D eigenvalue weighted by atomic mass is 35.5. The molecule has 0 saturated carbocycles. The van der Waals surface area contributed by atoms with Gasteiger partial charge in [-0.3, -0.25) is 19.7 Å². The molecule has 166 valence electrons. The largest absolute Gasteiger partial charge is 0.490 e. The molecule has 0 heterocycles. The Morgan fingerprint density at radius 3 is 2.55 bits per heavy atom. The third-order valence-electron chi connectivity index (χ3n) is 4.64. The van der Waals surface area contributed by atoms with Crippen LogP contribution in [0, 0.1) is 10.1 Å². The van der Waals surface area contributed by atoms with Crippen LogP contribution in [-0.2, 0) is 16.1 Å². The molecule has 1 atom stereocenters. The highest BCUT2D eigenvalue weighted by Crippen LogP contribution is 2.30. The van der Waals surface area contributed by atoms with Gasteiger partial charge in [0.05, 0.1) is 12.0 Å². The van der Waals surface area contributed by atoms with Crippen molar-refractivity contribution in [3.05, 3.63) is 63.2 Å². The van der Waals surface area contributed by atoms with Crippen LogP contribution in [0.1, 0.15) is 18.9 Å². The lowest BCUT2D eigenvalue weighted by Crippen LogP contribution is -2.49. The third kappa shape index (κ3) is 6.08. The van der Waals surface area contributed by atoms with Crippen LogP contribution in [0.25, 0.3) is 0 Å². The summed E-state index contributed by atoms with van der Waals surface area (Å²) in [5.74, 6) is -0.506. The fourth-order valence-electron chi connectivity index (χ4n) is 3.02. The Labute approximate surface area is 185 Å². The molecule has 0 spiro atoms. The van der Waals surface area contributed by atoms with Crippen LogP contribution >= 0.6 is 11.6 Å². The summed E-state index contributed by atoms with van der Waals surface area (Å²) >= 11 is 6.24. The van der Waals surface area contributed by atoms with E-state index in [2.05, 4.69) is 5.32 Å². The Morgan fingerprint density at radius 2 is 1.97 bits per heavy atom. The van der Waals surface area contributed by atoms with Crippen molar-refractivity contribution >= 4 is 29.1 Å². The van der Waals surface area contributed by atoms with Crippen LogP contribution in [0.4, 0.5) is 5.69 Å². The third-order valence-corrected chi connectivity index (χ3v) is 5.01. The summed E-state index contributed by atoms with van der Waals surface area (Å²) in [5.41, 5.74) is 0.476. The van der Waals surface area contributed by atoms with Crippen LogP contribution < -0.4 is 14.8 Å². The Bertz CT molecular complexity index is 952.